The normalized spacial score (nSPS) is 10.2. The Bertz CT molecular complexity index is 564. The zero-order chi connectivity index (χ0) is 13.7. The Hall–Kier alpha value is -2.20. The minimum Gasteiger partial charge on any atom is -0.326 e. The zero-order valence-corrected chi connectivity index (χ0v) is 10.9. The molecule has 2 rings (SSSR count). The zero-order valence-electron chi connectivity index (χ0n) is 10.9. The van der Waals surface area contributed by atoms with E-state index < -0.39 is 0 Å². The number of nitrogens with one attached hydrogen (secondary N) is 1. The Morgan fingerprint density at radius 3 is 2.53 bits per heavy atom. The first-order valence-electron chi connectivity index (χ1n) is 6.17. The number of aromatic nitrogens is 1. The van der Waals surface area contributed by atoms with E-state index in [0.29, 0.717) is 13.0 Å². The minimum absolute atomic E-state index is 0.0482. The molecule has 0 radical (unpaired) electrons. The molecule has 0 bridgehead atoms. The van der Waals surface area contributed by atoms with Crippen LogP contribution in [0.1, 0.15) is 16.7 Å². The fourth-order valence-electron chi connectivity index (χ4n) is 1.81. The van der Waals surface area contributed by atoms with Crippen LogP contribution in [-0.4, -0.2) is 10.9 Å². The maximum absolute atomic E-state index is 11.9. The second kappa shape index (κ2) is 6.11. The summed E-state index contributed by atoms with van der Waals surface area (Å²) in [7, 11) is 0. The van der Waals surface area contributed by atoms with Crippen LogP contribution < -0.4 is 11.1 Å². The lowest BCUT2D eigenvalue weighted by atomic mass is 10.1. The van der Waals surface area contributed by atoms with Gasteiger partial charge in [0.15, 0.2) is 0 Å². The van der Waals surface area contributed by atoms with Crippen molar-refractivity contribution in [2.45, 2.75) is 19.9 Å². The average molecular weight is 255 g/mol. The fourth-order valence-corrected chi connectivity index (χ4v) is 1.81. The van der Waals surface area contributed by atoms with Gasteiger partial charge in [-0.05, 0) is 29.7 Å². The molecule has 0 aliphatic carbocycles. The van der Waals surface area contributed by atoms with Crippen LogP contribution in [-0.2, 0) is 17.8 Å². The standard InChI is InChI=1S/C15H17N3O/c1-11-6-14(10-17-9-11)18-15(19)7-12-2-4-13(8-16)5-3-12/h2-6,9-10H,7-8,16H2,1H3,(H,18,19). The number of nitrogens with zero attached hydrogens (tertiary/aromatic N) is 1. The molecule has 0 atom stereocenters. The monoisotopic (exact) mass is 255 g/mol. The second-order valence-electron chi connectivity index (χ2n) is 4.50. The van der Waals surface area contributed by atoms with Crippen LogP contribution >= 0.6 is 0 Å². The van der Waals surface area contributed by atoms with Crippen molar-refractivity contribution in [3.8, 4) is 0 Å². The smallest absolute Gasteiger partial charge is 0.228 e. The SMILES string of the molecule is Cc1cncc(NC(=O)Cc2ccc(CN)cc2)c1. The summed E-state index contributed by atoms with van der Waals surface area (Å²) in [6.45, 7) is 2.45. The van der Waals surface area contributed by atoms with E-state index >= 15 is 0 Å². The fraction of sp³-hybridized carbons (Fsp3) is 0.200. The first-order valence-corrected chi connectivity index (χ1v) is 6.17. The maximum atomic E-state index is 11.9. The summed E-state index contributed by atoms with van der Waals surface area (Å²) in [6, 6.07) is 9.63. The van der Waals surface area contributed by atoms with Crippen LogP contribution in [0.25, 0.3) is 0 Å². The lowest BCUT2D eigenvalue weighted by molar-refractivity contribution is -0.115. The third kappa shape index (κ3) is 3.89. The van der Waals surface area contributed by atoms with Gasteiger partial charge in [-0.2, -0.15) is 0 Å². The summed E-state index contributed by atoms with van der Waals surface area (Å²) in [5, 5.41) is 2.83. The van der Waals surface area contributed by atoms with Crippen molar-refractivity contribution in [1.82, 2.24) is 4.98 Å². The molecular weight excluding hydrogens is 238 g/mol. The average Bonchev–Trinajstić information content (AvgIpc) is 2.39. The highest BCUT2D eigenvalue weighted by Gasteiger charge is 2.04. The number of anilines is 1. The molecule has 0 saturated carbocycles. The molecule has 1 aromatic heterocycles. The van der Waals surface area contributed by atoms with Crippen LogP contribution in [0.15, 0.2) is 42.7 Å². The predicted molar refractivity (Wildman–Crippen MR) is 75.6 cm³/mol. The molecule has 0 spiro atoms. The van der Waals surface area contributed by atoms with E-state index in [9.17, 15) is 4.79 Å². The number of amides is 1. The Balaban J connectivity index is 1.97. The molecule has 19 heavy (non-hydrogen) atoms. The molecule has 3 N–H and O–H groups in total. The van der Waals surface area contributed by atoms with Gasteiger partial charge in [0, 0.05) is 12.7 Å². The summed E-state index contributed by atoms with van der Waals surface area (Å²) in [5.41, 5.74) is 9.31. The number of benzene rings is 1. The van der Waals surface area contributed by atoms with Gasteiger partial charge < -0.3 is 11.1 Å². The van der Waals surface area contributed by atoms with Crippen LogP contribution in [0.3, 0.4) is 0 Å². The second-order valence-corrected chi connectivity index (χ2v) is 4.50. The van der Waals surface area contributed by atoms with Crippen LogP contribution in [0.5, 0.6) is 0 Å². The van der Waals surface area contributed by atoms with Crippen molar-refractivity contribution in [2.24, 2.45) is 5.73 Å². The number of aryl methyl sites for hydroxylation is 1. The summed E-state index contributed by atoms with van der Waals surface area (Å²) in [5.74, 6) is -0.0482. The van der Waals surface area contributed by atoms with Gasteiger partial charge in [0.2, 0.25) is 5.91 Å². The van der Waals surface area contributed by atoms with Gasteiger partial charge in [-0.1, -0.05) is 24.3 Å². The number of hydrogen-bond donors (Lipinski definition) is 2. The highest BCUT2D eigenvalue weighted by atomic mass is 16.1. The Labute approximate surface area is 112 Å². The molecule has 4 nitrogen and oxygen atoms in total. The summed E-state index contributed by atoms with van der Waals surface area (Å²) in [6.07, 6.45) is 3.74. The van der Waals surface area contributed by atoms with Crippen molar-refractivity contribution in [3.63, 3.8) is 0 Å². The molecule has 4 heteroatoms. The van der Waals surface area contributed by atoms with Crippen molar-refractivity contribution < 1.29 is 4.79 Å². The lowest BCUT2D eigenvalue weighted by Crippen LogP contribution is -2.14. The highest BCUT2D eigenvalue weighted by molar-refractivity contribution is 5.92. The number of rotatable bonds is 4. The van der Waals surface area contributed by atoms with Crippen molar-refractivity contribution >= 4 is 11.6 Å². The largest absolute Gasteiger partial charge is 0.326 e. The molecule has 0 fully saturated rings. The quantitative estimate of drug-likeness (QED) is 0.878. The van der Waals surface area contributed by atoms with Gasteiger partial charge >= 0.3 is 0 Å². The predicted octanol–water partition coefficient (Wildman–Crippen LogP) is 2.03. The molecular formula is C15H17N3O. The van der Waals surface area contributed by atoms with E-state index in [0.717, 1.165) is 22.4 Å². The van der Waals surface area contributed by atoms with Crippen LogP contribution in [0.2, 0.25) is 0 Å². The number of pyridine rings is 1. The first kappa shape index (κ1) is 13.2. The molecule has 1 amide bonds. The molecule has 2 aromatic rings. The summed E-state index contributed by atoms with van der Waals surface area (Å²) in [4.78, 5) is 15.9. The Morgan fingerprint density at radius 1 is 1.21 bits per heavy atom. The highest BCUT2D eigenvalue weighted by Crippen LogP contribution is 2.09. The van der Waals surface area contributed by atoms with E-state index in [4.69, 9.17) is 5.73 Å². The molecule has 1 aromatic carbocycles. The number of carbonyl (C=O) groups excluding carboxylic acids is 1. The lowest BCUT2D eigenvalue weighted by Gasteiger charge is -2.06. The molecule has 0 saturated heterocycles. The van der Waals surface area contributed by atoms with E-state index in [1.807, 2.05) is 37.3 Å². The minimum atomic E-state index is -0.0482. The molecule has 1 heterocycles. The van der Waals surface area contributed by atoms with Crippen LogP contribution in [0, 0.1) is 6.92 Å². The van der Waals surface area contributed by atoms with Gasteiger partial charge in [-0.15, -0.1) is 0 Å². The van der Waals surface area contributed by atoms with Gasteiger partial charge in [-0.25, -0.2) is 0 Å². The maximum Gasteiger partial charge on any atom is 0.228 e. The number of carbonyl (C=O) groups is 1. The van der Waals surface area contributed by atoms with E-state index in [1.165, 1.54) is 0 Å². The van der Waals surface area contributed by atoms with Gasteiger partial charge in [0.05, 0.1) is 18.3 Å². The number of hydrogen-bond acceptors (Lipinski definition) is 3. The van der Waals surface area contributed by atoms with Gasteiger partial charge in [0.25, 0.3) is 0 Å². The first-order chi connectivity index (χ1) is 9.17. The summed E-state index contributed by atoms with van der Waals surface area (Å²) < 4.78 is 0. The molecule has 98 valence electrons. The topological polar surface area (TPSA) is 68.0 Å². The van der Waals surface area contributed by atoms with E-state index in [2.05, 4.69) is 10.3 Å². The third-order valence-corrected chi connectivity index (χ3v) is 2.78. The van der Waals surface area contributed by atoms with E-state index in [1.54, 1.807) is 12.4 Å². The van der Waals surface area contributed by atoms with Crippen molar-refractivity contribution in [2.75, 3.05) is 5.32 Å². The Kier molecular flexibility index (Phi) is 4.26. The van der Waals surface area contributed by atoms with Gasteiger partial charge in [-0.3, -0.25) is 9.78 Å². The van der Waals surface area contributed by atoms with Crippen LogP contribution in [0.4, 0.5) is 5.69 Å². The van der Waals surface area contributed by atoms with Crippen molar-refractivity contribution in [1.29, 1.82) is 0 Å². The number of nitrogens with two attached hydrogens (primary N) is 1. The molecule has 0 aliphatic rings. The van der Waals surface area contributed by atoms with E-state index in [-0.39, 0.29) is 5.91 Å². The molecule has 0 unspecified atom stereocenters. The third-order valence-electron chi connectivity index (χ3n) is 2.78. The van der Waals surface area contributed by atoms with Gasteiger partial charge in [0.1, 0.15) is 0 Å². The Morgan fingerprint density at radius 2 is 1.89 bits per heavy atom. The molecule has 0 aliphatic heterocycles. The van der Waals surface area contributed by atoms with Crippen molar-refractivity contribution in [3.05, 3.63) is 59.4 Å². The summed E-state index contributed by atoms with van der Waals surface area (Å²) >= 11 is 0.